The van der Waals surface area contributed by atoms with Crippen molar-refractivity contribution in [2.24, 2.45) is 0 Å². The summed E-state index contributed by atoms with van der Waals surface area (Å²) < 4.78 is 0. The van der Waals surface area contributed by atoms with Gasteiger partial charge in [0.1, 0.15) is 0 Å². The van der Waals surface area contributed by atoms with E-state index in [9.17, 15) is 9.59 Å². The van der Waals surface area contributed by atoms with Gasteiger partial charge >= 0.3 is 0 Å². The number of hydrogen-bond donors (Lipinski definition) is 2. The molecule has 3 rings (SSSR count). The van der Waals surface area contributed by atoms with Gasteiger partial charge < -0.3 is 5.32 Å². The summed E-state index contributed by atoms with van der Waals surface area (Å²) >= 11 is 0. The quantitative estimate of drug-likeness (QED) is 0.697. The molecule has 1 amide bonds. The maximum atomic E-state index is 11.6. The molecule has 0 unspecified atom stereocenters. The standard InChI is InChI=1S/C18H15N5O2/c1-12(24)16(25)22-18-21-15(13-8-4-2-5-9-13)20-17(23-18)19-14-10-6-3-7-11-14/h2-11H,1H3,(H2,19,20,21,22,23,25). The molecule has 0 bridgehead atoms. The van der Waals surface area contributed by atoms with Crippen LogP contribution in [-0.2, 0) is 9.59 Å². The number of ketones is 1. The first-order chi connectivity index (χ1) is 12.1. The van der Waals surface area contributed by atoms with Crippen molar-refractivity contribution < 1.29 is 9.59 Å². The minimum Gasteiger partial charge on any atom is -0.324 e. The average molecular weight is 333 g/mol. The predicted octanol–water partition coefficient (Wildman–Crippen LogP) is 2.81. The Morgan fingerprint density at radius 1 is 0.800 bits per heavy atom. The molecule has 1 heterocycles. The maximum Gasteiger partial charge on any atom is 0.293 e. The molecule has 7 nitrogen and oxygen atoms in total. The van der Waals surface area contributed by atoms with E-state index in [4.69, 9.17) is 0 Å². The molecule has 7 heteroatoms. The molecule has 0 radical (unpaired) electrons. The highest BCUT2D eigenvalue weighted by Gasteiger charge is 2.13. The molecule has 2 N–H and O–H groups in total. The maximum absolute atomic E-state index is 11.6. The Morgan fingerprint density at radius 2 is 1.40 bits per heavy atom. The first kappa shape index (κ1) is 16.3. The number of para-hydroxylation sites is 1. The van der Waals surface area contributed by atoms with Gasteiger partial charge in [0.2, 0.25) is 17.7 Å². The third kappa shape index (κ3) is 4.23. The number of rotatable bonds is 5. The number of benzene rings is 2. The molecule has 25 heavy (non-hydrogen) atoms. The van der Waals surface area contributed by atoms with Gasteiger partial charge in [0.15, 0.2) is 5.82 Å². The van der Waals surface area contributed by atoms with Gasteiger partial charge in [0.25, 0.3) is 5.91 Å². The zero-order chi connectivity index (χ0) is 17.6. The van der Waals surface area contributed by atoms with Gasteiger partial charge in [-0.15, -0.1) is 0 Å². The Kier molecular flexibility index (Phi) is 4.75. The van der Waals surface area contributed by atoms with Crippen molar-refractivity contribution >= 4 is 29.3 Å². The lowest BCUT2D eigenvalue weighted by molar-refractivity contribution is -0.133. The molecular formula is C18H15N5O2. The number of Topliss-reactive ketones (excluding diaryl/α,β-unsaturated/α-hetero) is 1. The number of anilines is 3. The van der Waals surface area contributed by atoms with Crippen molar-refractivity contribution in [2.75, 3.05) is 10.6 Å². The van der Waals surface area contributed by atoms with Crippen molar-refractivity contribution in [1.82, 2.24) is 15.0 Å². The fraction of sp³-hybridized carbons (Fsp3) is 0.0556. The number of nitrogens with one attached hydrogen (secondary N) is 2. The topological polar surface area (TPSA) is 96.9 Å². The zero-order valence-electron chi connectivity index (χ0n) is 13.4. The van der Waals surface area contributed by atoms with Crippen molar-refractivity contribution in [3.8, 4) is 11.4 Å². The summed E-state index contributed by atoms with van der Waals surface area (Å²) in [4.78, 5) is 35.6. The first-order valence-electron chi connectivity index (χ1n) is 7.57. The van der Waals surface area contributed by atoms with E-state index in [-0.39, 0.29) is 11.9 Å². The van der Waals surface area contributed by atoms with Gasteiger partial charge in [0, 0.05) is 18.2 Å². The zero-order valence-corrected chi connectivity index (χ0v) is 13.4. The van der Waals surface area contributed by atoms with Crippen LogP contribution in [0.1, 0.15) is 6.92 Å². The van der Waals surface area contributed by atoms with Crippen LogP contribution in [0.25, 0.3) is 11.4 Å². The lowest BCUT2D eigenvalue weighted by atomic mass is 10.2. The fourth-order valence-electron chi connectivity index (χ4n) is 2.04. The van der Waals surface area contributed by atoms with Crippen molar-refractivity contribution in [3.63, 3.8) is 0 Å². The number of aromatic nitrogens is 3. The molecule has 3 aromatic rings. The smallest absolute Gasteiger partial charge is 0.293 e. The monoisotopic (exact) mass is 333 g/mol. The Labute approximate surface area is 144 Å². The van der Waals surface area contributed by atoms with Gasteiger partial charge in [-0.3, -0.25) is 14.9 Å². The van der Waals surface area contributed by atoms with Crippen LogP contribution in [0.2, 0.25) is 0 Å². The lowest BCUT2D eigenvalue weighted by Gasteiger charge is -2.09. The number of carbonyl (C=O) groups is 2. The summed E-state index contributed by atoms with van der Waals surface area (Å²) in [6, 6.07) is 18.7. The van der Waals surface area contributed by atoms with Crippen LogP contribution < -0.4 is 10.6 Å². The summed E-state index contributed by atoms with van der Waals surface area (Å²) in [6.45, 7) is 1.18. The second-order valence-electron chi connectivity index (χ2n) is 5.17. The number of nitrogens with zero attached hydrogens (tertiary/aromatic N) is 3. The lowest BCUT2D eigenvalue weighted by Crippen LogP contribution is -2.21. The molecule has 0 fully saturated rings. The SMILES string of the molecule is CC(=O)C(=O)Nc1nc(Nc2ccccc2)nc(-c2ccccc2)n1. The van der Waals surface area contributed by atoms with Gasteiger partial charge in [0.05, 0.1) is 0 Å². The molecule has 0 aliphatic carbocycles. The molecule has 0 atom stereocenters. The van der Waals surface area contributed by atoms with E-state index in [1.54, 1.807) is 0 Å². The van der Waals surface area contributed by atoms with Gasteiger partial charge in [-0.1, -0.05) is 48.5 Å². The van der Waals surface area contributed by atoms with Crippen LogP contribution in [-0.4, -0.2) is 26.6 Å². The van der Waals surface area contributed by atoms with Gasteiger partial charge in [-0.25, -0.2) is 0 Å². The summed E-state index contributed by atoms with van der Waals surface area (Å²) in [5.41, 5.74) is 1.55. The van der Waals surface area contributed by atoms with E-state index in [2.05, 4.69) is 25.6 Å². The van der Waals surface area contributed by atoms with E-state index in [0.29, 0.717) is 5.82 Å². The molecule has 0 aliphatic heterocycles. The van der Waals surface area contributed by atoms with Crippen molar-refractivity contribution in [1.29, 1.82) is 0 Å². The summed E-state index contributed by atoms with van der Waals surface area (Å²) in [7, 11) is 0. The summed E-state index contributed by atoms with van der Waals surface area (Å²) in [6.07, 6.45) is 0. The minimum atomic E-state index is -0.782. The largest absolute Gasteiger partial charge is 0.324 e. The third-order valence-corrected chi connectivity index (χ3v) is 3.24. The Hall–Kier alpha value is -3.61. The normalized spacial score (nSPS) is 10.1. The minimum absolute atomic E-state index is 0.00693. The van der Waals surface area contributed by atoms with Crippen LogP contribution in [0, 0.1) is 0 Å². The van der Waals surface area contributed by atoms with Crippen molar-refractivity contribution in [2.45, 2.75) is 6.92 Å². The van der Waals surface area contributed by atoms with E-state index < -0.39 is 11.7 Å². The average Bonchev–Trinajstić information content (AvgIpc) is 2.63. The van der Waals surface area contributed by atoms with Crippen LogP contribution in [0.5, 0.6) is 0 Å². The Bertz CT molecular complexity index is 898. The van der Waals surface area contributed by atoms with Crippen LogP contribution in [0.15, 0.2) is 60.7 Å². The first-order valence-corrected chi connectivity index (χ1v) is 7.57. The van der Waals surface area contributed by atoms with E-state index >= 15 is 0 Å². The fourth-order valence-corrected chi connectivity index (χ4v) is 2.04. The van der Waals surface area contributed by atoms with Gasteiger partial charge in [-0.2, -0.15) is 15.0 Å². The van der Waals surface area contributed by atoms with Crippen LogP contribution >= 0.6 is 0 Å². The van der Waals surface area contributed by atoms with Gasteiger partial charge in [-0.05, 0) is 12.1 Å². The molecule has 0 saturated carbocycles. The third-order valence-electron chi connectivity index (χ3n) is 3.24. The van der Waals surface area contributed by atoms with Crippen LogP contribution in [0.3, 0.4) is 0 Å². The summed E-state index contributed by atoms with van der Waals surface area (Å²) in [5.74, 6) is -0.755. The number of hydrogen-bond acceptors (Lipinski definition) is 6. The molecule has 1 aromatic heterocycles. The Balaban J connectivity index is 1.98. The predicted molar refractivity (Wildman–Crippen MR) is 94.3 cm³/mol. The molecule has 0 spiro atoms. The molecule has 124 valence electrons. The number of carbonyl (C=O) groups excluding carboxylic acids is 2. The molecule has 0 saturated heterocycles. The highest BCUT2D eigenvalue weighted by atomic mass is 16.2. The molecular weight excluding hydrogens is 318 g/mol. The van der Waals surface area contributed by atoms with E-state index in [1.165, 1.54) is 6.92 Å². The highest BCUT2D eigenvalue weighted by molar-refractivity contribution is 6.39. The van der Waals surface area contributed by atoms with Crippen LogP contribution in [0.4, 0.5) is 17.6 Å². The molecule has 2 aromatic carbocycles. The second-order valence-corrected chi connectivity index (χ2v) is 5.17. The van der Waals surface area contributed by atoms with Crippen molar-refractivity contribution in [3.05, 3.63) is 60.7 Å². The summed E-state index contributed by atoms with van der Waals surface area (Å²) in [5, 5.41) is 5.45. The second kappa shape index (κ2) is 7.31. The van der Waals surface area contributed by atoms with E-state index in [0.717, 1.165) is 11.3 Å². The number of amides is 1. The van der Waals surface area contributed by atoms with E-state index in [1.807, 2.05) is 60.7 Å². The molecule has 0 aliphatic rings. The Morgan fingerprint density at radius 3 is 2.04 bits per heavy atom. The highest BCUT2D eigenvalue weighted by Crippen LogP contribution is 2.19.